The first-order chi connectivity index (χ1) is 14.6. The van der Waals surface area contributed by atoms with E-state index in [1.54, 1.807) is 12.1 Å². The summed E-state index contributed by atoms with van der Waals surface area (Å²) in [5.41, 5.74) is 1.05. The molecule has 0 amide bonds. The predicted octanol–water partition coefficient (Wildman–Crippen LogP) is 2.07. The fourth-order valence-corrected chi connectivity index (χ4v) is 5.39. The van der Waals surface area contributed by atoms with Gasteiger partial charge in [-0.2, -0.15) is 0 Å². The highest BCUT2D eigenvalue weighted by Crippen LogP contribution is 2.58. The van der Waals surface area contributed by atoms with E-state index in [2.05, 4.69) is 4.90 Å². The fourth-order valence-electron chi connectivity index (χ4n) is 5.39. The van der Waals surface area contributed by atoms with Gasteiger partial charge in [0.15, 0.2) is 23.0 Å². The molecule has 0 N–H and O–H groups in total. The number of ketones is 1. The maximum atomic E-state index is 13.0. The first-order valence-electron chi connectivity index (χ1n) is 10.3. The zero-order chi connectivity index (χ0) is 22.5. The van der Waals surface area contributed by atoms with Crippen LogP contribution in [0, 0.1) is 5.92 Å². The van der Waals surface area contributed by atoms with E-state index >= 15 is 0 Å². The van der Waals surface area contributed by atoms with Crippen LogP contribution in [0.2, 0.25) is 0 Å². The SMILES string of the molecule is CC(=O)OC1=CC2C3Cc4ccc(OC(C)=O)c(OC(C)=O)c4C2(CCN3C)CC1=O. The first-order valence-corrected chi connectivity index (χ1v) is 10.3. The molecule has 3 unspecified atom stereocenters. The van der Waals surface area contributed by atoms with E-state index in [-0.39, 0.29) is 41.4 Å². The lowest BCUT2D eigenvalue weighted by molar-refractivity contribution is -0.142. The summed E-state index contributed by atoms with van der Waals surface area (Å²) in [7, 11) is 2.04. The number of benzene rings is 1. The Morgan fingerprint density at radius 1 is 1.03 bits per heavy atom. The van der Waals surface area contributed by atoms with Crippen molar-refractivity contribution in [2.24, 2.45) is 5.92 Å². The Morgan fingerprint density at radius 2 is 1.71 bits per heavy atom. The molecule has 1 saturated heterocycles. The average Bonchev–Trinajstić information content (AvgIpc) is 2.66. The van der Waals surface area contributed by atoms with Crippen LogP contribution in [-0.2, 0) is 35.8 Å². The topological polar surface area (TPSA) is 99.2 Å². The highest BCUT2D eigenvalue weighted by molar-refractivity contribution is 5.98. The van der Waals surface area contributed by atoms with Crippen molar-refractivity contribution in [3.8, 4) is 11.5 Å². The van der Waals surface area contributed by atoms with Gasteiger partial charge in [0.05, 0.1) is 0 Å². The van der Waals surface area contributed by atoms with Crippen LogP contribution in [0.4, 0.5) is 0 Å². The number of ether oxygens (including phenoxy) is 3. The van der Waals surface area contributed by atoms with Gasteiger partial charge in [0, 0.05) is 50.1 Å². The van der Waals surface area contributed by atoms with Crippen molar-refractivity contribution in [3.05, 3.63) is 35.1 Å². The van der Waals surface area contributed by atoms with E-state index in [0.29, 0.717) is 12.8 Å². The van der Waals surface area contributed by atoms with Crippen LogP contribution < -0.4 is 9.47 Å². The molecule has 2 bridgehead atoms. The maximum Gasteiger partial charge on any atom is 0.308 e. The molecule has 8 nitrogen and oxygen atoms in total. The Hall–Kier alpha value is -3.00. The average molecular weight is 427 g/mol. The Morgan fingerprint density at radius 3 is 2.35 bits per heavy atom. The van der Waals surface area contributed by atoms with Gasteiger partial charge in [0.2, 0.25) is 0 Å². The molecule has 1 heterocycles. The lowest BCUT2D eigenvalue weighted by Gasteiger charge is -2.56. The summed E-state index contributed by atoms with van der Waals surface area (Å²) in [6, 6.07) is 3.60. The highest BCUT2D eigenvalue weighted by atomic mass is 16.6. The van der Waals surface area contributed by atoms with Gasteiger partial charge in [-0.1, -0.05) is 6.07 Å². The molecule has 0 radical (unpaired) electrons. The molecule has 3 atom stereocenters. The van der Waals surface area contributed by atoms with Crippen LogP contribution in [-0.4, -0.2) is 48.2 Å². The number of hydrogen-bond donors (Lipinski definition) is 0. The maximum absolute atomic E-state index is 13.0. The Bertz CT molecular complexity index is 1030. The van der Waals surface area contributed by atoms with Crippen molar-refractivity contribution in [2.75, 3.05) is 13.6 Å². The molecule has 164 valence electrons. The molecule has 1 fully saturated rings. The molecule has 0 saturated carbocycles. The van der Waals surface area contributed by atoms with Crippen LogP contribution >= 0.6 is 0 Å². The molecule has 1 aromatic carbocycles. The minimum Gasteiger partial charge on any atom is -0.423 e. The molecule has 0 aromatic heterocycles. The van der Waals surface area contributed by atoms with Gasteiger partial charge in [-0.15, -0.1) is 0 Å². The second-order valence-electron chi connectivity index (χ2n) is 8.52. The number of hydrogen-bond acceptors (Lipinski definition) is 8. The summed E-state index contributed by atoms with van der Waals surface area (Å²) in [5.74, 6) is -1.58. The lowest BCUT2D eigenvalue weighted by Crippen LogP contribution is -2.60. The third-order valence-electron chi connectivity index (χ3n) is 6.50. The van der Waals surface area contributed by atoms with Crippen molar-refractivity contribution in [1.82, 2.24) is 4.90 Å². The molecular weight excluding hydrogens is 402 g/mol. The Labute approximate surface area is 180 Å². The first kappa shape index (κ1) is 21.2. The van der Waals surface area contributed by atoms with Crippen LogP contribution in [0.3, 0.4) is 0 Å². The fraction of sp³-hybridized carbons (Fsp3) is 0.478. The smallest absolute Gasteiger partial charge is 0.308 e. The van der Waals surface area contributed by atoms with Gasteiger partial charge in [-0.25, -0.2) is 0 Å². The summed E-state index contributed by atoms with van der Waals surface area (Å²) >= 11 is 0. The second-order valence-corrected chi connectivity index (χ2v) is 8.52. The van der Waals surface area contributed by atoms with Gasteiger partial charge < -0.3 is 19.1 Å². The van der Waals surface area contributed by atoms with Crippen molar-refractivity contribution in [1.29, 1.82) is 0 Å². The van der Waals surface area contributed by atoms with Gasteiger partial charge in [-0.05, 0) is 44.1 Å². The van der Waals surface area contributed by atoms with Crippen LogP contribution in [0.1, 0.15) is 44.7 Å². The zero-order valence-corrected chi connectivity index (χ0v) is 18.0. The summed E-state index contributed by atoms with van der Waals surface area (Å²) in [4.78, 5) is 50.4. The van der Waals surface area contributed by atoms with E-state index in [1.807, 2.05) is 13.1 Å². The van der Waals surface area contributed by atoms with E-state index in [1.165, 1.54) is 20.8 Å². The number of Topliss-reactive ketones (excluding diaryl/α,β-unsaturated/α-hetero) is 1. The van der Waals surface area contributed by atoms with E-state index in [9.17, 15) is 19.2 Å². The number of esters is 3. The number of carbonyl (C=O) groups excluding carboxylic acids is 4. The number of likely N-dealkylation sites (tertiary alicyclic amines) is 1. The van der Waals surface area contributed by atoms with E-state index in [4.69, 9.17) is 14.2 Å². The predicted molar refractivity (Wildman–Crippen MR) is 108 cm³/mol. The molecular formula is C23H25NO7. The summed E-state index contributed by atoms with van der Waals surface area (Å²) in [6.07, 6.45) is 3.18. The number of fused-ring (bicyclic) bond motifs is 1. The second kappa shape index (κ2) is 7.60. The van der Waals surface area contributed by atoms with Gasteiger partial charge in [0.1, 0.15) is 0 Å². The molecule has 2 aliphatic carbocycles. The van der Waals surface area contributed by atoms with Crippen molar-refractivity contribution >= 4 is 23.7 Å². The van der Waals surface area contributed by atoms with Gasteiger partial charge >= 0.3 is 17.9 Å². The van der Waals surface area contributed by atoms with Crippen molar-refractivity contribution in [3.63, 3.8) is 0 Å². The van der Waals surface area contributed by atoms with E-state index in [0.717, 1.165) is 17.7 Å². The highest BCUT2D eigenvalue weighted by Gasteiger charge is 2.57. The Balaban J connectivity index is 1.95. The lowest BCUT2D eigenvalue weighted by atomic mass is 9.53. The minimum atomic E-state index is -0.646. The molecule has 4 rings (SSSR count). The summed E-state index contributed by atoms with van der Waals surface area (Å²) in [5, 5.41) is 0. The number of piperidine rings is 1. The molecule has 8 heteroatoms. The van der Waals surface area contributed by atoms with Crippen molar-refractivity contribution < 1.29 is 33.4 Å². The molecule has 31 heavy (non-hydrogen) atoms. The molecule has 1 aromatic rings. The number of allylic oxidation sites excluding steroid dienone is 1. The summed E-state index contributed by atoms with van der Waals surface area (Å²) < 4.78 is 16.1. The van der Waals surface area contributed by atoms with Gasteiger partial charge in [-0.3, -0.25) is 19.2 Å². The van der Waals surface area contributed by atoms with Gasteiger partial charge in [0.25, 0.3) is 0 Å². The molecule has 1 aliphatic heterocycles. The third kappa shape index (κ3) is 3.54. The van der Waals surface area contributed by atoms with Crippen LogP contribution in [0.25, 0.3) is 0 Å². The van der Waals surface area contributed by atoms with Crippen molar-refractivity contribution in [2.45, 2.75) is 51.5 Å². The number of nitrogens with zero attached hydrogens (tertiary/aromatic N) is 1. The Kier molecular flexibility index (Phi) is 5.21. The number of rotatable bonds is 3. The largest absolute Gasteiger partial charge is 0.423 e. The van der Waals surface area contributed by atoms with E-state index < -0.39 is 23.3 Å². The number of likely N-dealkylation sites (N-methyl/N-ethyl adjacent to an activating group) is 1. The minimum absolute atomic E-state index is 0.0713. The zero-order valence-electron chi connectivity index (χ0n) is 18.0. The monoisotopic (exact) mass is 427 g/mol. The standard InChI is InChI=1S/C23H25NO7/c1-12(25)29-19-6-5-15-9-17-16-10-20(30-13(2)26)18(28)11-23(16,7-8-24(17)4)21(15)22(19)31-14(3)27/h5-6,10,16-17H,7-9,11H2,1-4H3. The number of carbonyl (C=O) groups is 4. The quantitative estimate of drug-likeness (QED) is 0.534. The molecule has 0 spiro atoms. The summed E-state index contributed by atoms with van der Waals surface area (Å²) in [6.45, 7) is 4.59. The third-order valence-corrected chi connectivity index (χ3v) is 6.50. The van der Waals surface area contributed by atoms with Crippen LogP contribution in [0.5, 0.6) is 11.5 Å². The van der Waals surface area contributed by atoms with Crippen LogP contribution in [0.15, 0.2) is 24.0 Å². The normalized spacial score (nSPS) is 26.8. The molecule has 3 aliphatic rings.